The fraction of sp³-hybridized carbons (Fsp3) is 0.294. The number of hydrogen-bond donors (Lipinski definition) is 1. The Bertz CT molecular complexity index is 1690. The van der Waals surface area contributed by atoms with Crippen LogP contribution in [0.2, 0.25) is 0 Å². The zero-order valence-electron chi connectivity index (χ0n) is 26.1. The average Bonchev–Trinajstić information content (AvgIpc) is 3.57. The molecule has 3 aromatic carbocycles. The molecule has 46 heavy (non-hydrogen) atoms. The highest BCUT2D eigenvalue weighted by molar-refractivity contribution is 5.92. The highest BCUT2D eigenvalue weighted by Gasteiger charge is 2.26. The normalized spacial score (nSPS) is 13.7. The molecule has 1 N–H and O–H groups in total. The van der Waals surface area contributed by atoms with Crippen molar-refractivity contribution in [3.05, 3.63) is 83.9 Å². The van der Waals surface area contributed by atoms with Gasteiger partial charge in [-0.2, -0.15) is 0 Å². The van der Waals surface area contributed by atoms with E-state index in [4.69, 9.17) is 18.9 Å². The number of fused-ring (bicyclic) bond motifs is 1. The number of nitrogens with one attached hydrogen (secondary N) is 1. The first-order valence-electron chi connectivity index (χ1n) is 15.0. The molecule has 0 spiro atoms. The average molecular weight is 625 g/mol. The summed E-state index contributed by atoms with van der Waals surface area (Å²) in [5.74, 6) is 3.22. The maximum Gasteiger partial charge on any atom is 0.322 e. The summed E-state index contributed by atoms with van der Waals surface area (Å²) in [6.07, 6.45) is 0. The number of carbonyl (C=O) groups excluding carboxylic acids is 2. The molecular weight excluding hydrogens is 588 g/mol. The fourth-order valence-corrected chi connectivity index (χ4v) is 5.39. The molecule has 3 amide bonds. The Labute approximate surface area is 267 Å². The second kappa shape index (κ2) is 13.6. The summed E-state index contributed by atoms with van der Waals surface area (Å²) in [5.41, 5.74) is 4.07. The van der Waals surface area contributed by atoms with E-state index in [9.17, 15) is 9.59 Å². The quantitative estimate of drug-likeness (QED) is 0.286. The van der Waals surface area contributed by atoms with Crippen molar-refractivity contribution >= 4 is 23.4 Å². The lowest BCUT2D eigenvalue weighted by Crippen LogP contribution is -2.52. The maximum absolute atomic E-state index is 13.5. The molecule has 0 radical (unpaired) electrons. The van der Waals surface area contributed by atoms with Crippen LogP contribution in [0.25, 0.3) is 11.3 Å². The van der Waals surface area contributed by atoms with Crippen molar-refractivity contribution in [1.82, 2.24) is 20.0 Å². The summed E-state index contributed by atoms with van der Waals surface area (Å²) in [6, 6.07) is 22.1. The summed E-state index contributed by atoms with van der Waals surface area (Å²) in [6.45, 7) is 4.45. The number of amides is 3. The van der Waals surface area contributed by atoms with Crippen LogP contribution >= 0.6 is 0 Å². The van der Waals surface area contributed by atoms with E-state index in [0.717, 1.165) is 22.5 Å². The standard InChI is InChI=1S/C34H36N6O6/c1-23-4-7-25(8-5-23)35-34(42)40(20-24-6-12-29-31(18-24)46-22-45-29)21-33(41)39-16-14-38(15-17-39)32-13-11-28(36-37-32)27-10-9-26(43-2)19-30(27)44-3/h4-13,18-19H,14-17,20-22H2,1-3H3,(H,35,42). The number of rotatable bonds is 9. The number of ether oxygens (including phenoxy) is 4. The van der Waals surface area contributed by atoms with E-state index in [1.54, 1.807) is 19.1 Å². The Balaban J connectivity index is 1.09. The van der Waals surface area contributed by atoms with Gasteiger partial charge < -0.3 is 39.0 Å². The predicted octanol–water partition coefficient (Wildman–Crippen LogP) is 4.58. The SMILES string of the molecule is COc1ccc(-c2ccc(N3CCN(C(=O)CN(Cc4ccc5c(c4)OCO5)C(=O)Nc4ccc(C)cc4)CC3)nn2)c(OC)c1. The lowest BCUT2D eigenvalue weighted by Gasteiger charge is -2.36. The first-order chi connectivity index (χ1) is 22.4. The molecule has 6 rings (SSSR count). The van der Waals surface area contributed by atoms with Gasteiger partial charge in [-0.25, -0.2) is 4.79 Å². The molecule has 1 fully saturated rings. The van der Waals surface area contributed by atoms with Gasteiger partial charge in [-0.1, -0.05) is 23.8 Å². The van der Waals surface area contributed by atoms with Gasteiger partial charge in [-0.15, -0.1) is 10.2 Å². The van der Waals surface area contributed by atoms with Gasteiger partial charge in [0.15, 0.2) is 17.3 Å². The number of urea groups is 1. The molecule has 0 bridgehead atoms. The maximum atomic E-state index is 13.5. The number of piperazine rings is 1. The first kappa shape index (κ1) is 30.5. The Morgan fingerprint density at radius 2 is 1.65 bits per heavy atom. The van der Waals surface area contributed by atoms with Crippen molar-refractivity contribution in [3.63, 3.8) is 0 Å². The van der Waals surface area contributed by atoms with Gasteiger partial charge in [-0.05, 0) is 61.0 Å². The van der Waals surface area contributed by atoms with Gasteiger partial charge in [0.1, 0.15) is 18.0 Å². The van der Waals surface area contributed by atoms with Crippen LogP contribution in [0.4, 0.5) is 16.3 Å². The minimum atomic E-state index is -0.364. The first-order valence-corrected chi connectivity index (χ1v) is 15.0. The molecular formula is C34H36N6O6. The van der Waals surface area contributed by atoms with Crippen LogP contribution in [0, 0.1) is 6.92 Å². The Kier molecular flexibility index (Phi) is 9.04. The Morgan fingerprint density at radius 3 is 2.37 bits per heavy atom. The molecule has 238 valence electrons. The smallest absolute Gasteiger partial charge is 0.322 e. The van der Waals surface area contributed by atoms with Crippen molar-refractivity contribution in [2.45, 2.75) is 13.5 Å². The molecule has 3 heterocycles. The third kappa shape index (κ3) is 6.90. The van der Waals surface area contributed by atoms with E-state index in [1.165, 1.54) is 4.90 Å². The van der Waals surface area contributed by atoms with Gasteiger partial charge in [-0.3, -0.25) is 4.79 Å². The molecule has 0 unspecified atom stereocenters. The third-order valence-electron chi connectivity index (χ3n) is 8.02. The number of hydrogen-bond acceptors (Lipinski definition) is 9. The number of nitrogens with zero attached hydrogens (tertiary/aromatic N) is 5. The van der Waals surface area contributed by atoms with Crippen molar-refractivity contribution in [2.75, 3.05) is 64.0 Å². The largest absolute Gasteiger partial charge is 0.497 e. The molecule has 2 aliphatic rings. The summed E-state index contributed by atoms with van der Waals surface area (Å²) in [5, 5.41) is 11.8. The van der Waals surface area contributed by atoms with Crippen molar-refractivity contribution in [1.29, 1.82) is 0 Å². The molecule has 0 atom stereocenters. The van der Waals surface area contributed by atoms with Gasteiger partial charge in [0.25, 0.3) is 0 Å². The van der Waals surface area contributed by atoms with E-state index < -0.39 is 0 Å². The van der Waals surface area contributed by atoms with Gasteiger partial charge in [0, 0.05) is 50.0 Å². The van der Waals surface area contributed by atoms with Crippen LogP contribution in [0.1, 0.15) is 11.1 Å². The number of anilines is 2. The zero-order valence-corrected chi connectivity index (χ0v) is 26.1. The molecule has 1 saturated heterocycles. The van der Waals surface area contributed by atoms with Crippen molar-refractivity contribution in [2.24, 2.45) is 0 Å². The second-order valence-corrected chi connectivity index (χ2v) is 11.1. The Morgan fingerprint density at radius 1 is 0.870 bits per heavy atom. The van der Waals surface area contributed by atoms with Gasteiger partial charge >= 0.3 is 6.03 Å². The van der Waals surface area contributed by atoms with Gasteiger partial charge in [0.05, 0.1) is 19.9 Å². The van der Waals surface area contributed by atoms with Crippen LogP contribution < -0.4 is 29.2 Å². The van der Waals surface area contributed by atoms with Crippen LogP contribution in [0.3, 0.4) is 0 Å². The molecule has 4 aromatic rings. The van der Waals surface area contributed by atoms with E-state index >= 15 is 0 Å². The summed E-state index contributed by atoms with van der Waals surface area (Å²) < 4.78 is 21.7. The lowest BCUT2D eigenvalue weighted by molar-refractivity contribution is -0.132. The van der Waals surface area contributed by atoms with Gasteiger partial charge in [0.2, 0.25) is 12.7 Å². The third-order valence-corrected chi connectivity index (χ3v) is 8.02. The molecule has 12 nitrogen and oxygen atoms in total. The number of carbonyl (C=O) groups is 2. The molecule has 2 aliphatic heterocycles. The summed E-state index contributed by atoms with van der Waals surface area (Å²) >= 11 is 0. The van der Waals surface area contributed by atoms with Crippen molar-refractivity contribution < 1.29 is 28.5 Å². The topological polar surface area (TPSA) is 119 Å². The number of aromatic nitrogens is 2. The van der Waals surface area contributed by atoms with E-state index in [2.05, 4.69) is 20.4 Å². The van der Waals surface area contributed by atoms with Crippen LogP contribution in [0.15, 0.2) is 72.8 Å². The van der Waals surface area contributed by atoms with Crippen LogP contribution in [0.5, 0.6) is 23.0 Å². The fourth-order valence-electron chi connectivity index (χ4n) is 5.39. The molecule has 0 saturated carbocycles. The number of benzene rings is 3. The highest BCUT2D eigenvalue weighted by atomic mass is 16.7. The lowest BCUT2D eigenvalue weighted by atomic mass is 10.1. The number of aryl methyl sites for hydroxylation is 1. The Hall–Kier alpha value is -5.52. The zero-order chi connectivity index (χ0) is 32.0. The summed E-state index contributed by atoms with van der Waals surface area (Å²) in [7, 11) is 3.21. The highest BCUT2D eigenvalue weighted by Crippen LogP contribution is 2.34. The second-order valence-electron chi connectivity index (χ2n) is 11.1. The minimum Gasteiger partial charge on any atom is -0.497 e. The number of methoxy groups -OCH3 is 2. The van der Waals surface area contributed by atoms with E-state index in [-0.39, 0.29) is 31.8 Å². The summed E-state index contributed by atoms with van der Waals surface area (Å²) in [4.78, 5) is 32.4. The minimum absolute atomic E-state index is 0.0790. The van der Waals surface area contributed by atoms with E-state index in [0.29, 0.717) is 60.6 Å². The predicted molar refractivity (Wildman–Crippen MR) is 173 cm³/mol. The van der Waals surface area contributed by atoms with E-state index in [1.807, 2.05) is 79.7 Å². The molecule has 0 aliphatic carbocycles. The van der Waals surface area contributed by atoms with Crippen molar-refractivity contribution in [3.8, 4) is 34.3 Å². The monoisotopic (exact) mass is 624 g/mol. The van der Waals surface area contributed by atoms with Crippen LogP contribution in [-0.2, 0) is 11.3 Å². The van der Waals surface area contributed by atoms with Crippen LogP contribution in [-0.4, -0.2) is 85.7 Å². The molecule has 12 heteroatoms. The molecule has 1 aromatic heterocycles.